The van der Waals surface area contributed by atoms with E-state index in [0.29, 0.717) is 5.75 Å². The van der Waals surface area contributed by atoms with Gasteiger partial charge in [-0.05, 0) is 43.7 Å². The third kappa shape index (κ3) is 3.76. The Bertz CT molecular complexity index is 599. The summed E-state index contributed by atoms with van der Waals surface area (Å²) in [6.07, 6.45) is 0. The number of nitrogens with one attached hydrogen (secondary N) is 1. The SMILES string of the molecule is Cc1cccc(C(C)Nc2ccc(OCC#N)cc2)c1. The highest BCUT2D eigenvalue weighted by Crippen LogP contribution is 2.22. The van der Waals surface area contributed by atoms with Crippen molar-refractivity contribution in [2.75, 3.05) is 11.9 Å². The Kier molecular flexibility index (Phi) is 4.62. The standard InChI is InChI=1S/C17H18N2O/c1-13-4-3-5-15(12-13)14(2)19-16-6-8-17(9-7-16)20-11-10-18/h3-9,12,14,19H,11H2,1-2H3. The molecular weight excluding hydrogens is 248 g/mol. The zero-order valence-corrected chi connectivity index (χ0v) is 11.8. The fraction of sp³-hybridized carbons (Fsp3) is 0.235. The van der Waals surface area contributed by atoms with Gasteiger partial charge in [-0.2, -0.15) is 5.26 Å². The first-order valence-electron chi connectivity index (χ1n) is 6.62. The van der Waals surface area contributed by atoms with Gasteiger partial charge < -0.3 is 10.1 Å². The molecule has 2 rings (SSSR count). The molecule has 2 aromatic rings. The van der Waals surface area contributed by atoms with Gasteiger partial charge in [0.15, 0.2) is 6.61 Å². The lowest BCUT2D eigenvalue weighted by molar-refractivity contribution is 0.368. The zero-order chi connectivity index (χ0) is 14.4. The summed E-state index contributed by atoms with van der Waals surface area (Å²) >= 11 is 0. The van der Waals surface area contributed by atoms with E-state index in [1.165, 1.54) is 11.1 Å². The van der Waals surface area contributed by atoms with E-state index in [2.05, 4.69) is 43.4 Å². The highest BCUT2D eigenvalue weighted by atomic mass is 16.5. The summed E-state index contributed by atoms with van der Waals surface area (Å²) in [6, 6.07) is 18.3. The molecule has 0 aromatic heterocycles. The second kappa shape index (κ2) is 6.63. The second-order valence-electron chi connectivity index (χ2n) is 4.75. The van der Waals surface area contributed by atoms with E-state index in [1.54, 1.807) is 0 Å². The molecule has 0 aliphatic heterocycles. The molecule has 3 heteroatoms. The van der Waals surface area contributed by atoms with E-state index in [0.717, 1.165) is 5.69 Å². The molecule has 0 spiro atoms. The maximum Gasteiger partial charge on any atom is 0.174 e. The lowest BCUT2D eigenvalue weighted by atomic mass is 10.1. The Morgan fingerprint density at radius 3 is 2.60 bits per heavy atom. The van der Waals surface area contributed by atoms with Crippen molar-refractivity contribution < 1.29 is 4.74 Å². The number of nitriles is 1. The van der Waals surface area contributed by atoms with E-state index < -0.39 is 0 Å². The third-order valence-corrected chi connectivity index (χ3v) is 3.08. The number of hydrogen-bond donors (Lipinski definition) is 1. The molecular formula is C17H18N2O. The van der Waals surface area contributed by atoms with Crippen molar-refractivity contribution in [2.24, 2.45) is 0 Å². The van der Waals surface area contributed by atoms with Crippen molar-refractivity contribution in [3.8, 4) is 11.8 Å². The average Bonchev–Trinajstić information content (AvgIpc) is 2.46. The molecule has 2 aromatic carbocycles. The molecule has 0 saturated heterocycles. The van der Waals surface area contributed by atoms with Gasteiger partial charge in [0.2, 0.25) is 0 Å². The summed E-state index contributed by atoms with van der Waals surface area (Å²) in [4.78, 5) is 0. The number of benzene rings is 2. The summed E-state index contributed by atoms with van der Waals surface area (Å²) in [5.74, 6) is 0.709. The van der Waals surface area contributed by atoms with Crippen LogP contribution in [-0.4, -0.2) is 6.61 Å². The van der Waals surface area contributed by atoms with Crippen LogP contribution < -0.4 is 10.1 Å². The van der Waals surface area contributed by atoms with Crippen molar-refractivity contribution in [1.82, 2.24) is 0 Å². The van der Waals surface area contributed by atoms with Crippen molar-refractivity contribution in [1.29, 1.82) is 5.26 Å². The van der Waals surface area contributed by atoms with Crippen LogP contribution in [0.5, 0.6) is 5.75 Å². The average molecular weight is 266 g/mol. The number of aryl methyl sites for hydroxylation is 1. The number of hydrogen-bond acceptors (Lipinski definition) is 3. The first kappa shape index (κ1) is 14.0. The fourth-order valence-electron chi connectivity index (χ4n) is 2.04. The van der Waals surface area contributed by atoms with Crippen LogP contribution in [0.1, 0.15) is 24.1 Å². The van der Waals surface area contributed by atoms with Crippen molar-refractivity contribution in [3.63, 3.8) is 0 Å². The molecule has 0 heterocycles. The van der Waals surface area contributed by atoms with Crippen LogP contribution >= 0.6 is 0 Å². The fourth-order valence-corrected chi connectivity index (χ4v) is 2.04. The normalized spacial score (nSPS) is 11.4. The maximum atomic E-state index is 8.46. The topological polar surface area (TPSA) is 45.0 Å². The molecule has 20 heavy (non-hydrogen) atoms. The lowest BCUT2D eigenvalue weighted by Crippen LogP contribution is -2.06. The molecule has 1 unspecified atom stereocenters. The van der Waals surface area contributed by atoms with Crippen LogP contribution in [0.25, 0.3) is 0 Å². The van der Waals surface area contributed by atoms with Gasteiger partial charge in [0.25, 0.3) is 0 Å². The molecule has 0 aliphatic rings. The third-order valence-electron chi connectivity index (χ3n) is 3.08. The van der Waals surface area contributed by atoms with E-state index >= 15 is 0 Å². The summed E-state index contributed by atoms with van der Waals surface area (Å²) < 4.78 is 5.23. The van der Waals surface area contributed by atoms with Crippen molar-refractivity contribution >= 4 is 5.69 Å². The summed E-state index contributed by atoms with van der Waals surface area (Å²) in [7, 11) is 0. The number of rotatable bonds is 5. The predicted molar refractivity (Wildman–Crippen MR) is 80.8 cm³/mol. The molecule has 102 valence electrons. The Morgan fingerprint density at radius 2 is 1.95 bits per heavy atom. The highest BCUT2D eigenvalue weighted by Gasteiger charge is 2.05. The molecule has 0 saturated carbocycles. The number of nitrogens with zero attached hydrogens (tertiary/aromatic N) is 1. The first-order chi connectivity index (χ1) is 9.69. The Hall–Kier alpha value is -2.47. The Morgan fingerprint density at radius 1 is 1.20 bits per heavy atom. The monoisotopic (exact) mass is 266 g/mol. The minimum absolute atomic E-state index is 0.0759. The second-order valence-corrected chi connectivity index (χ2v) is 4.75. The Balaban J connectivity index is 2.01. The van der Waals surface area contributed by atoms with Gasteiger partial charge in [-0.3, -0.25) is 0 Å². The van der Waals surface area contributed by atoms with Gasteiger partial charge in [-0.15, -0.1) is 0 Å². The van der Waals surface area contributed by atoms with Gasteiger partial charge in [0, 0.05) is 11.7 Å². The van der Waals surface area contributed by atoms with Crippen molar-refractivity contribution in [3.05, 3.63) is 59.7 Å². The summed E-state index contributed by atoms with van der Waals surface area (Å²) in [6.45, 7) is 4.30. The smallest absolute Gasteiger partial charge is 0.174 e. The van der Waals surface area contributed by atoms with Crippen LogP contribution in [-0.2, 0) is 0 Å². The first-order valence-corrected chi connectivity index (χ1v) is 6.62. The van der Waals surface area contributed by atoms with E-state index in [4.69, 9.17) is 10.00 Å². The minimum atomic E-state index is 0.0759. The summed E-state index contributed by atoms with van der Waals surface area (Å²) in [5, 5.41) is 11.9. The van der Waals surface area contributed by atoms with Crippen molar-refractivity contribution in [2.45, 2.75) is 19.9 Å². The largest absolute Gasteiger partial charge is 0.479 e. The Labute approximate surface area is 119 Å². The highest BCUT2D eigenvalue weighted by molar-refractivity contribution is 5.48. The van der Waals surface area contributed by atoms with Crippen LogP contribution in [0.15, 0.2) is 48.5 Å². The van der Waals surface area contributed by atoms with Gasteiger partial charge in [-0.1, -0.05) is 29.8 Å². The van der Waals surface area contributed by atoms with E-state index in [9.17, 15) is 0 Å². The van der Waals surface area contributed by atoms with Gasteiger partial charge in [0.1, 0.15) is 11.8 Å². The number of anilines is 1. The molecule has 0 aliphatic carbocycles. The molecule has 0 fully saturated rings. The molecule has 1 atom stereocenters. The molecule has 0 radical (unpaired) electrons. The van der Waals surface area contributed by atoms with Crippen LogP contribution in [0.2, 0.25) is 0 Å². The predicted octanol–water partition coefficient (Wildman–Crippen LogP) is 4.07. The molecule has 3 nitrogen and oxygen atoms in total. The van der Waals surface area contributed by atoms with Gasteiger partial charge in [-0.25, -0.2) is 0 Å². The lowest BCUT2D eigenvalue weighted by Gasteiger charge is -2.16. The quantitative estimate of drug-likeness (QED) is 0.887. The van der Waals surface area contributed by atoms with Crippen LogP contribution in [0, 0.1) is 18.3 Å². The molecule has 0 bridgehead atoms. The summed E-state index contributed by atoms with van der Waals surface area (Å²) in [5.41, 5.74) is 3.55. The maximum absolute atomic E-state index is 8.46. The van der Waals surface area contributed by atoms with Crippen LogP contribution in [0.4, 0.5) is 5.69 Å². The van der Waals surface area contributed by atoms with E-state index in [-0.39, 0.29) is 12.6 Å². The minimum Gasteiger partial charge on any atom is -0.479 e. The van der Waals surface area contributed by atoms with Gasteiger partial charge in [0.05, 0.1) is 0 Å². The number of ether oxygens (including phenoxy) is 1. The molecule has 1 N–H and O–H groups in total. The zero-order valence-electron chi connectivity index (χ0n) is 11.8. The van der Waals surface area contributed by atoms with E-state index in [1.807, 2.05) is 30.3 Å². The molecule has 0 amide bonds. The van der Waals surface area contributed by atoms with Gasteiger partial charge >= 0.3 is 0 Å². The van der Waals surface area contributed by atoms with Crippen LogP contribution in [0.3, 0.4) is 0 Å².